The first kappa shape index (κ1) is 12.8. The van der Waals surface area contributed by atoms with Gasteiger partial charge in [-0.25, -0.2) is 4.39 Å². The number of carbonyl (C=O) groups excluding carboxylic acids is 1. The quantitative estimate of drug-likeness (QED) is 0.814. The number of nitrogens with two attached hydrogens (primary N) is 1. The third kappa shape index (κ3) is 2.46. The summed E-state index contributed by atoms with van der Waals surface area (Å²) in [6.45, 7) is 3.47. The molecular formula is C13H17FN2O2. The molecule has 1 aliphatic rings. The maximum Gasteiger partial charge on any atom is 0.257 e. The zero-order chi connectivity index (χ0) is 13.1. The predicted molar refractivity (Wildman–Crippen MR) is 66.7 cm³/mol. The number of hydrogen-bond donors (Lipinski definition) is 1. The van der Waals surface area contributed by atoms with Gasteiger partial charge < -0.3 is 15.4 Å². The normalized spacial score (nSPS) is 19.9. The summed E-state index contributed by atoms with van der Waals surface area (Å²) in [6.07, 6.45) is 0.787. The van der Waals surface area contributed by atoms with Gasteiger partial charge >= 0.3 is 0 Å². The number of amides is 1. The van der Waals surface area contributed by atoms with Gasteiger partial charge in [-0.2, -0.15) is 0 Å². The van der Waals surface area contributed by atoms with Crippen LogP contribution in [0, 0.1) is 5.82 Å². The smallest absolute Gasteiger partial charge is 0.257 e. The fraction of sp³-hybridized carbons (Fsp3) is 0.462. The van der Waals surface area contributed by atoms with Gasteiger partial charge in [0.2, 0.25) is 0 Å². The molecule has 1 saturated heterocycles. The van der Waals surface area contributed by atoms with Gasteiger partial charge in [0.15, 0.2) is 0 Å². The van der Waals surface area contributed by atoms with Crippen molar-refractivity contribution in [2.24, 2.45) is 0 Å². The number of benzene rings is 1. The van der Waals surface area contributed by atoms with Crippen molar-refractivity contribution >= 4 is 11.6 Å². The van der Waals surface area contributed by atoms with Crippen LogP contribution >= 0.6 is 0 Å². The van der Waals surface area contributed by atoms with Crippen molar-refractivity contribution in [2.75, 3.05) is 25.5 Å². The van der Waals surface area contributed by atoms with Crippen LogP contribution in [0.3, 0.4) is 0 Å². The molecule has 98 valence electrons. The van der Waals surface area contributed by atoms with Crippen molar-refractivity contribution in [2.45, 2.75) is 19.4 Å². The lowest BCUT2D eigenvalue weighted by molar-refractivity contribution is -0.00302. The Kier molecular flexibility index (Phi) is 3.81. The van der Waals surface area contributed by atoms with E-state index in [1.54, 1.807) is 4.90 Å². The lowest BCUT2D eigenvalue weighted by Crippen LogP contribution is -2.48. The van der Waals surface area contributed by atoms with Gasteiger partial charge in [-0.05, 0) is 24.6 Å². The van der Waals surface area contributed by atoms with Crippen LogP contribution in [-0.2, 0) is 4.74 Å². The first-order chi connectivity index (χ1) is 8.63. The first-order valence-electron chi connectivity index (χ1n) is 6.07. The number of rotatable bonds is 2. The molecule has 1 aromatic carbocycles. The lowest BCUT2D eigenvalue weighted by atomic mass is 10.1. The van der Waals surface area contributed by atoms with Crippen molar-refractivity contribution in [3.05, 3.63) is 29.6 Å². The molecule has 0 aromatic heterocycles. The largest absolute Gasteiger partial charge is 0.399 e. The second kappa shape index (κ2) is 5.35. The fourth-order valence-electron chi connectivity index (χ4n) is 2.12. The Balaban J connectivity index is 2.26. The molecule has 2 N–H and O–H groups in total. The van der Waals surface area contributed by atoms with Crippen molar-refractivity contribution in [1.82, 2.24) is 4.90 Å². The molecule has 1 unspecified atom stereocenters. The van der Waals surface area contributed by atoms with Crippen LogP contribution in [0.4, 0.5) is 10.1 Å². The van der Waals surface area contributed by atoms with E-state index in [2.05, 4.69) is 0 Å². The maximum atomic E-state index is 13.7. The van der Waals surface area contributed by atoms with Gasteiger partial charge in [0.25, 0.3) is 5.91 Å². The molecular weight excluding hydrogens is 235 g/mol. The summed E-state index contributed by atoms with van der Waals surface area (Å²) < 4.78 is 19.0. The zero-order valence-corrected chi connectivity index (χ0v) is 10.4. The van der Waals surface area contributed by atoms with Gasteiger partial charge in [0, 0.05) is 12.2 Å². The summed E-state index contributed by atoms with van der Waals surface area (Å²) in [5, 5.41) is 0. The van der Waals surface area contributed by atoms with Gasteiger partial charge in [0.05, 0.1) is 24.8 Å². The summed E-state index contributed by atoms with van der Waals surface area (Å²) in [7, 11) is 0. The standard InChI is InChI=1S/C13H17FN2O2/c1-2-10-8-18-6-5-16(10)13(17)11-7-9(15)3-4-12(11)14/h3-4,7,10H,2,5-6,8,15H2,1H3. The van der Waals surface area contributed by atoms with Gasteiger partial charge in [0.1, 0.15) is 5.82 Å². The van der Waals surface area contributed by atoms with Crippen molar-refractivity contribution in [3.8, 4) is 0 Å². The molecule has 0 saturated carbocycles. The fourth-order valence-corrected chi connectivity index (χ4v) is 2.12. The van der Waals surface area contributed by atoms with E-state index in [1.807, 2.05) is 6.92 Å². The predicted octanol–water partition coefficient (Wildman–Crippen LogP) is 1.66. The Labute approximate surface area is 106 Å². The summed E-state index contributed by atoms with van der Waals surface area (Å²) in [5.74, 6) is -0.842. The molecule has 1 amide bonds. The summed E-state index contributed by atoms with van der Waals surface area (Å²) in [5.41, 5.74) is 6.03. The summed E-state index contributed by atoms with van der Waals surface area (Å²) in [4.78, 5) is 14.0. The average molecular weight is 252 g/mol. The third-order valence-electron chi connectivity index (χ3n) is 3.18. The number of nitrogen functional groups attached to an aromatic ring is 1. The number of hydrogen-bond acceptors (Lipinski definition) is 3. The summed E-state index contributed by atoms with van der Waals surface area (Å²) in [6, 6.07) is 4.07. The minimum atomic E-state index is -0.532. The Morgan fingerprint density at radius 2 is 2.39 bits per heavy atom. The highest BCUT2D eigenvalue weighted by Gasteiger charge is 2.28. The number of anilines is 1. The Hall–Kier alpha value is -1.62. The molecule has 1 atom stereocenters. The van der Waals surface area contributed by atoms with Crippen LogP contribution in [0.2, 0.25) is 0 Å². The Morgan fingerprint density at radius 1 is 1.61 bits per heavy atom. The molecule has 1 aliphatic heterocycles. The molecule has 2 rings (SSSR count). The minimum Gasteiger partial charge on any atom is -0.399 e. The second-order valence-electron chi connectivity index (χ2n) is 4.37. The highest BCUT2D eigenvalue weighted by Crippen LogP contribution is 2.18. The topological polar surface area (TPSA) is 55.6 Å². The highest BCUT2D eigenvalue weighted by atomic mass is 19.1. The van der Waals surface area contributed by atoms with E-state index >= 15 is 0 Å². The first-order valence-corrected chi connectivity index (χ1v) is 6.07. The molecule has 0 aliphatic carbocycles. The zero-order valence-electron chi connectivity index (χ0n) is 10.4. The molecule has 5 heteroatoms. The highest BCUT2D eigenvalue weighted by molar-refractivity contribution is 5.95. The lowest BCUT2D eigenvalue weighted by Gasteiger charge is -2.35. The monoisotopic (exact) mass is 252 g/mol. The van der Waals surface area contributed by atoms with Crippen LogP contribution in [-0.4, -0.2) is 36.6 Å². The molecule has 18 heavy (non-hydrogen) atoms. The maximum absolute atomic E-state index is 13.7. The second-order valence-corrected chi connectivity index (χ2v) is 4.37. The third-order valence-corrected chi connectivity index (χ3v) is 3.18. The van der Waals surface area contributed by atoms with E-state index in [0.29, 0.717) is 25.4 Å². The van der Waals surface area contributed by atoms with Crippen LogP contribution in [0.1, 0.15) is 23.7 Å². The van der Waals surface area contributed by atoms with E-state index in [4.69, 9.17) is 10.5 Å². The number of morpholine rings is 1. The van der Waals surface area contributed by atoms with Crippen molar-refractivity contribution in [1.29, 1.82) is 0 Å². The number of carbonyl (C=O) groups is 1. The van der Waals surface area contributed by atoms with Gasteiger partial charge in [-0.1, -0.05) is 6.92 Å². The molecule has 0 spiro atoms. The SMILES string of the molecule is CCC1COCCN1C(=O)c1cc(N)ccc1F. The van der Waals surface area contributed by atoms with Crippen LogP contribution < -0.4 is 5.73 Å². The van der Waals surface area contributed by atoms with Crippen molar-refractivity contribution < 1.29 is 13.9 Å². The Morgan fingerprint density at radius 3 is 3.11 bits per heavy atom. The average Bonchev–Trinajstić information content (AvgIpc) is 2.40. The van der Waals surface area contributed by atoms with Gasteiger partial charge in [-0.15, -0.1) is 0 Å². The van der Waals surface area contributed by atoms with E-state index in [0.717, 1.165) is 6.42 Å². The van der Waals surface area contributed by atoms with E-state index in [1.165, 1.54) is 18.2 Å². The molecule has 1 aromatic rings. The van der Waals surface area contributed by atoms with Gasteiger partial charge in [-0.3, -0.25) is 4.79 Å². The molecule has 1 heterocycles. The summed E-state index contributed by atoms with van der Waals surface area (Å²) >= 11 is 0. The molecule has 1 fully saturated rings. The van der Waals surface area contributed by atoms with Crippen LogP contribution in [0.5, 0.6) is 0 Å². The molecule has 0 radical (unpaired) electrons. The number of ether oxygens (including phenoxy) is 1. The van der Waals surface area contributed by atoms with E-state index in [9.17, 15) is 9.18 Å². The van der Waals surface area contributed by atoms with Crippen LogP contribution in [0.15, 0.2) is 18.2 Å². The number of halogens is 1. The molecule has 0 bridgehead atoms. The van der Waals surface area contributed by atoms with E-state index in [-0.39, 0.29) is 17.5 Å². The Bertz CT molecular complexity index is 451. The van der Waals surface area contributed by atoms with Crippen molar-refractivity contribution in [3.63, 3.8) is 0 Å². The number of nitrogens with zero attached hydrogens (tertiary/aromatic N) is 1. The molecule has 4 nitrogen and oxygen atoms in total. The van der Waals surface area contributed by atoms with E-state index < -0.39 is 5.82 Å². The minimum absolute atomic E-state index is 0.00656. The van der Waals surface area contributed by atoms with Crippen LogP contribution in [0.25, 0.3) is 0 Å².